The summed E-state index contributed by atoms with van der Waals surface area (Å²) in [4.78, 5) is 4.08. The van der Waals surface area contributed by atoms with Crippen molar-refractivity contribution in [1.82, 2.24) is 10.3 Å². The summed E-state index contributed by atoms with van der Waals surface area (Å²) in [6, 6.07) is 14.1. The van der Waals surface area contributed by atoms with Crippen molar-refractivity contribution < 1.29 is 4.42 Å². The monoisotopic (exact) mass is 238 g/mol. The molecule has 0 amide bonds. The second kappa shape index (κ2) is 5.02. The van der Waals surface area contributed by atoms with Crippen LogP contribution in [0.5, 0.6) is 0 Å². The molecule has 0 aliphatic heterocycles. The van der Waals surface area contributed by atoms with Crippen molar-refractivity contribution in [3.05, 3.63) is 66.2 Å². The molecule has 1 N–H and O–H groups in total. The molecule has 3 rings (SSSR count). The van der Waals surface area contributed by atoms with E-state index < -0.39 is 0 Å². The van der Waals surface area contributed by atoms with Gasteiger partial charge in [-0.25, -0.2) is 0 Å². The van der Waals surface area contributed by atoms with E-state index in [-0.39, 0.29) is 0 Å². The summed E-state index contributed by atoms with van der Waals surface area (Å²) in [7, 11) is 0. The summed E-state index contributed by atoms with van der Waals surface area (Å²) in [5.74, 6) is 0.958. The van der Waals surface area contributed by atoms with E-state index in [0.717, 1.165) is 29.8 Å². The molecule has 90 valence electrons. The first-order chi connectivity index (χ1) is 8.92. The fourth-order valence-electron chi connectivity index (χ4n) is 1.96. The zero-order valence-electron chi connectivity index (χ0n) is 9.97. The van der Waals surface area contributed by atoms with E-state index in [1.807, 2.05) is 30.5 Å². The standard InChI is InChI=1S/C15H14N2O/c1-2-6-15-13(5-1)8-14(18-15)11-17-10-12-4-3-7-16-9-12/h1-9,17H,10-11H2. The van der Waals surface area contributed by atoms with Gasteiger partial charge in [0, 0.05) is 24.3 Å². The summed E-state index contributed by atoms with van der Waals surface area (Å²) in [6.45, 7) is 1.52. The van der Waals surface area contributed by atoms with Crippen molar-refractivity contribution in [1.29, 1.82) is 0 Å². The molecule has 1 aromatic carbocycles. The highest BCUT2D eigenvalue weighted by Crippen LogP contribution is 2.18. The fraction of sp³-hybridized carbons (Fsp3) is 0.133. The largest absolute Gasteiger partial charge is 0.460 e. The number of pyridine rings is 1. The second-order valence-electron chi connectivity index (χ2n) is 4.22. The van der Waals surface area contributed by atoms with Gasteiger partial charge in [0.1, 0.15) is 11.3 Å². The molecule has 0 fully saturated rings. The molecule has 0 atom stereocenters. The van der Waals surface area contributed by atoms with Gasteiger partial charge >= 0.3 is 0 Å². The van der Waals surface area contributed by atoms with Gasteiger partial charge < -0.3 is 9.73 Å². The first-order valence-electron chi connectivity index (χ1n) is 5.99. The van der Waals surface area contributed by atoms with Crippen molar-refractivity contribution in [3.63, 3.8) is 0 Å². The molecule has 0 aliphatic carbocycles. The summed E-state index contributed by atoms with van der Waals surface area (Å²) >= 11 is 0. The zero-order chi connectivity index (χ0) is 12.2. The Morgan fingerprint density at radius 3 is 2.83 bits per heavy atom. The van der Waals surface area contributed by atoms with E-state index in [4.69, 9.17) is 4.42 Å². The Labute approximate surface area is 105 Å². The molecular weight excluding hydrogens is 224 g/mol. The fourth-order valence-corrected chi connectivity index (χ4v) is 1.96. The maximum absolute atomic E-state index is 5.73. The Kier molecular flexibility index (Phi) is 3.07. The number of fused-ring (bicyclic) bond motifs is 1. The number of nitrogens with zero attached hydrogens (tertiary/aromatic N) is 1. The van der Waals surface area contributed by atoms with Crippen LogP contribution >= 0.6 is 0 Å². The van der Waals surface area contributed by atoms with Crippen LogP contribution in [-0.2, 0) is 13.1 Å². The minimum absolute atomic E-state index is 0.726. The van der Waals surface area contributed by atoms with E-state index in [0.29, 0.717) is 0 Å². The molecule has 0 spiro atoms. The maximum Gasteiger partial charge on any atom is 0.134 e. The van der Waals surface area contributed by atoms with Gasteiger partial charge in [-0.2, -0.15) is 0 Å². The number of nitrogens with one attached hydrogen (secondary N) is 1. The van der Waals surface area contributed by atoms with Gasteiger partial charge in [0.05, 0.1) is 6.54 Å². The zero-order valence-corrected chi connectivity index (χ0v) is 9.97. The SMILES string of the molecule is c1cncc(CNCc2cc3ccccc3o2)c1. The Morgan fingerprint density at radius 2 is 2.00 bits per heavy atom. The lowest BCUT2D eigenvalue weighted by molar-refractivity contribution is 0.513. The summed E-state index contributed by atoms with van der Waals surface area (Å²) in [5, 5.41) is 4.49. The molecule has 0 unspecified atom stereocenters. The van der Waals surface area contributed by atoms with Gasteiger partial charge in [0.15, 0.2) is 0 Å². The highest BCUT2D eigenvalue weighted by Gasteiger charge is 2.02. The summed E-state index contributed by atoms with van der Waals surface area (Å²) < 4.78 is 5.73. The average Bonchev–Trinajstić information content (AvgIpc) is 2.82. The van der Waals surface area contributed by atoms with E-state index >= 15 is 0 Å². The molecule has 3 aromatic rings. The Bertz CT molecular complexity index is 598. The molecule has 0 saturated carbocycles. The molecule has 0 aliphatic rings. The summed E-state index contributed by atoms with van der Waals surface area (Å²) in [5.41, 5.74) is 2.12. The van der Waals surface area contributed by atoms with Crippen LogP contribution in [0.15, 0.2) is 59.3 Å². The Balaban J connectivity index is 1.63. The smallest absolute Gasteiger partial charge is 0.134 e. The third-order valence-corrected chi connectivity index (χ3v) is 2.83. The molecule has 3 heteroatoms. The minimum atomic E-state index is 0.726. The topological polar surface area (TPSA) is 38.1 Å². The normalized spacial score (nSPS) is 10.9. The Morgan fingerprint density at radius 1 is 1.06 bits per heavy atom. The molecule has 0 saturated heterocycles. The molecular formula is C15H14N2O. The van der Waals surface area contributed by atoms with Crippen molar-refractivity contribution in [2.45, 2.75) is 13.1 Å². The van der Waals surface area contributed by atoms with Crippen molar-refractivity contribution >= 4 is 11.0 Å². The quantitative estimate of drug-likeness (QED) is 0.759. The van der Waals surface area contributed by atoms with E-state index in [1.165, 1.54) is 5.56 Å². The van der Waals surface area contributed by atoms with Gasteiger partial charge in [0.25, 0.3) is 0 Å². The van der Waals surface area contributed by atoms with Crippen LogP contribution in [0, 0.1) is 0 Å². The number of aromatic nitrogens is 1. The molecule has 2 heterocycles. The van der Waals surface area contributed by atoms with Crippen LogP contribution in [0.2, 0.25) is 0 Å². The van der Waals surface area contributed by atoms with E-state index in [9.17, 15) is 0 Å². The van der Waals surface area contributed by atoms with Crippen molar-refractivity contribution in [3.8, 4) is 0 Å². The van der Waals surface area contributed by atoms with Crippen LogP contribution in [0.25, 0.3) is 11.0 Å². The predicted molar refractivity (Wildman–Crippen MR) is 71.0 cm³/mol. The van der Waals surface area contributed by atoms with Crippen molar-refractivity contribution in [2.75, 3.05) is 0 Å². The first-order valence-corrected chi connectivity index (χ1v) is 5.99. The van der Waals surface area contributed by atoms with Crippen LogP contribution in [0.1, 0.15) is 11.3 Å². The lowest BCUT2D eigenvalue weighted by atomic mass is 10.2. The number of furan rings is 1. The lowest BCUT2D eigenvalue weighted by Gasteiger charge is -2.01. The molecule has 0 radical (unpaired) electrons. The molecule has 18 heavy (non-hydrogen) atoms. The first kappa shape index (κ1) is 11.0. The number of hydrogen-bond donors (Lipinski definition) is 1. The number of benzene rings is 1. The van der Waals surface area contributed by atoms with Crippen LogP contribution < -0.4 is 5.32 Å². The number of rotatable bonds is 4. The third-order valence-electron chi connectivity index (χ3n) is 2.83. The maximum atomic E-state index is 5.73. The highest BCUT2D eigenvalue weighted by atomic mass is 16.3. The summed E-state index contributed by atoms with van der Waals surface area (Å²) in [6.07, 6.45) is 3.65. The lowest BCUT2D eigenvalue weighted by Crippen LogP contribution is -2.12. The van der Waals surface area contributed by atoms with Gasteiger partial charge in [-0.3, -0.25) is 4.98 Å². The third kappa shape index (κ3) is 2.41. The van der Waals surface area contributed by atoms with E-state index in [2.05, 4.69) is 28.5 Å². The molecule has 3 nitrogen and oxygen atoms in total. The van der Waals surface area contributed by atoms with Crippen LogP contribution in [0.3, 0.4) is 0 Å². The minimum Gasteiger partial charge on any atom is -0.460 e. The number of para-hydroxylation sites is 1. The highest BCUT2D eigenvalue weighted by molar-refractivity contribution is 5.77. The number of hydrogen-bond acceptors (Lipinski definition) is 3. The van der Waals surface area contributed by atoms with Crippen molar-refractivity contribution in [2.24, 2.45) is 0 Å². The van der Waals surface area contributed by atoms with Gasteiger partial charge in [-0.15, -0.1) is 0 Å². The van der Waals surface area contributed by atoms with Crippen LogP contribution in [-0.4, -0.2) is 4.98 Å². The predicted octanol–water partition coefficient (Wildman–Crippen LogP) is 3.12. The average molecular weight is 238 g/mol. The van der Waals surface area contributed by atoms with Gasteiger partial charge in [-0.05, 0) is 23.8 Å². The molecule has 0 bridgehead atoms. The van der Waals surface area contributed by atoms with Gasteiger partial charge in [0.2, 0.25) is 0 Å². The van der Waals surface area contributed by atoms with Gasteiger partial charge in [-0.1, -0.05) is 24.3 Å². The van der Waals surface area contributed by atoms with Crippen LogP contribution in [0.4, 0.5) is 0 Å². The Hall–Kier alpha value is -2.13. The molecule has 2 aromatic heterocycles. The second-order valence-corrected chi connectivity index (χ2v) is 4.22. The van der Waals surface area contributed by atoms with E-state index in [1.54, 1.807) is 6.20 Å².